The van der Waals surface area contributed by atoms with Crippen molar-refractivity contribution in [3.8, 4) is 0 Å². The summed E-state index contributed by atoms with van der Waals surface area (Å²) < 4.78 is 6.15. The number of carbonyl (C=O) groups excluding carboxylic acids is 2. The number of amides is 2. The molecule has 1 aliphatic carbocycles. The lowest BCUT2D eigenvalue weighted by Crippen LogP contribution is -2.50. The summed E-state index contributed by atoms with van der Waals surface area (Å²) in [6.07, 6.45) is 5.27. The van der Waals surface area contributed by atoms with Crippen molar-refractivity contribution in [1.82, 2.24) is 15.2 Å². The van der Waals surface area contributed by atoms with Crippen LogP contribution in [0.25, 0.3) is 10.2 Å². The van der Waals surface area contributed by atoms with Crippen LogP contribution in [0.4, 0.5) is 0 Å². The van der Waals surface area contributed by atoms with Gasteiger partial charge in [-0.2, -0.15) is 0 Å². The van der Waals surface area contributed by atoms with E-state index >= 15 is 0 Å². The number of hydrogen-bond donors (Lipinski definition) is 1. The highest BCUT2D eigenvalue weighted by atomic mass is 32.1. The molecule has 166 valence electrons. The van der Waals surface area contributed by atoms with Crippen molar-refractivity contribution >= 4 is 33.4 Å². The van der Waals surface area contributed by atoms with Gasteiger partial charge in [0.2, 0.25) is 5.91 Å². The lowest BCUT2D eigenvalue weighted by Gasteiger charge is -2.39. The van der Waals surface area contributed by atoms with E-state index in [2.05, 4.69) is 22.4 Å². The SMILES string of the molecule is CNC(=O)c1sc2ncccc2c1[C@H]1CN(C(=O)C2(c3ccccc3)CCCC2)CCO1. The van der Waals surface area contributed by atoms with Crippen molar-refractivity contribution in [2.45, 2.75) is 37.2 Å². The van der Waals surface area contributed by atoms with Gasteiger partial charge in [-0.15, -0.1) is 11.3 Å². The Bertz CT molecular complexity index is 1140. The van der Waals surface area contributed by atoms with Gasteiger partial charge in [0.05, 0.1) is 18.6 Å². The van der Waals surface area contributed by atoms with Gasteiger partial charge >= 0.3 is 0 Å². The van der Waals surface area contributed by atoms with Crippen LogP contribution in [0.2, 0.25) is 0 Å². The Morgan fingerprint density at radius 2 is 1.94 bits per heavy atom. The monoisotopic (exact) mass is 449 g/mol. The van der Waals surface area contributed by atoms with Crippen LogP contribution in [-0.2, 0) is 14.9 Å². The van der Waals surface area contributed by atoms with Gasteiger partial charge in [0, 0.05) is 30.7 Å². The largest absolute Gasteiger partial charge is 0.370 e. The minimum atomic E-state index is -0.453. The maximum absolute atomic E-state index is 14.0. The molecule has 1 saturated carbocycles. The van der Waals surface area contributed by atoms with E-state index in [9.17, 15) is 9.59 Å². The second-order valence-electron chi connectivity index (χ2n) is 8.55. The van der Waals surface area contributed by atoms with E-state index in [1.807, 2.05) is 35.2 Å². The second kappa shape index (κ2) is 8.64. The van der Waals surface area contributed by atoms with Gasteiger partial charge in [-0.05, 0) is 24.5 Å². The van der Waals surface area contributed by atoms with Gasteiger partial charge in [0.1, 0.15) is 15.8 Å². The molecular weight excluding hydrogens is 422 g/mol. The Balaban J connectivity index is 1.49. The molecule has 5 rings (SSSR count). The smallest absolute Gasteiger partial charge is 0.261 e. The summed E-state index contributed by atoms with van der Waals surface area (Å²) >= 11 is 1.37. The number of morpholine rings is 1. The first-order valence-electron chi connectivity index (χ1n) is 11.2. The van der Waals surface area contributed by atoms with Gasteiger partial charge in [0.15, 0.2) is 0 Å². The predicted octanol–water partition coefficient (Wildman–Crippen LogP) is 4.07. The number of nitrogens with zero attached hydrogens (tertiary/aromatic N) is 2. The molecule has 2 fully saturated rings. The molecule has 0 radical (unpaired) electrons. The number of rotatable bonds is 4. The van der Waals surface area contributed by atoms with Crippen LogP contribution < -0.4 is 5.32 Å². The third kappa shape index (κ3) is 3.49. The number of thiophene rings is 1. The Morgan fingerprint density at radius 1 is 1.16 bits per heavy atom. The molecule has 1 aromatic carbocycles. The average Bonchev–Trinajstić information content (AvgIpc) is 3.50. The van der Waals surface area contributed by atoms with Gasteiger partial charge in [-0.25, -0.2) is 4.98 Å². The molecule has 0 bridgehead atoms. The van der Waals surface area contributed by atoms with E-state index in [0.29, 0.717) is 24.6 Å². The molecule has 0 unspecified atom stereocenters. The molecule has 6 nitrogen and oxygen atoms in total. The normalized spacial score (nSPS) is 20.4. The fraction of sp³-hybridized carbons (Fsp3) is 0.400. The number of fused-ring (bicyclic) bond motifs is 1. The first kappa shape index (κ1) is 21.1. The third-order valence-electron chi connectivity index (χ3n) is 6.81. The van der Waals surface area contributed by atoms with Crippen LogP contribution in [0.1, 0.15) is 52.6 Å². The van der Waals surface area contributed by atoms with Gasteiger partial charge in [0.25, 0.3) is 5.91 Å². The molecule has 3 heterocycles. The summed E-state index contributed by atoms with van der Waals surface area (Å²) in [7, 11) is 1.63. The van der Waals surface area contributed by atoms with E-state index in [1.54, 1.807) is 13.2 Å². The Labute approximate surface area is 191 Å². The molecule has 2 aliphatic rings. The third-order valence-corrected chi connectivity index (χ3v) is 7.93. The molecule has 0 spiro atoms. The molecule has 2 aromatic heterocycles. The van der Waals surface area contributed by atoms with Gasteiger partial charge in [-0.3, -0.25) is 9.59 Å². The molecule has 1 aliphatic heterocycles. The molecule has 1 atom stereocenters. The zero-order chi connectivity index (χ0) is 22.1. The standard InChI is InChI=1S/C25H27N3O3S/c1-26-22(29)21-20(18-10-7-13-27-23(18)32-21)19-16-28(14-15-31-19)24(30)25(11-5-6-12-25)17-8-3-2-4-9-17/h2-4,7-10,13,19H,5-6,11-12,14-16H2,1H3,(H,26,29)/t19-/m1/s1. The minimum absolute atomic E-state index is 0.147. The number of nitrogens with one attached hydrogen (secondary N) is 1. The van der Waals surface area contributed by atoms with Crippen LogP contribution >= 0.6 is 11.3 Å². The molecule has 1 saturated heterocycles. The minimum Gasteiger partial charge on any atom is -0.370 e. The van der Waals surface area contributed by atoms with Crippen LogP contribution in [-0.4, -0.2) is 48.4 Å². The van der Waals surface area contributed by atoms with Crippen molar-refractivity contribution in [3.05, 3.63) is 64.7 Å². The van der Waals surface area contributed by atoms with E-state index < -0.39 is 5.41 Å². The summed E-state index contributed by atoms with van der Waals surface area (Å²) in [5, 5.41) is 3.66. The molecule has 2 amide bonds. The Kier molecular flexibility index (Phi) is 5.69. The molecule has 32 heavy (non-hydrogen) atoms. The van der Waals surface area contributed by atoms with Crippen LogP contribution in [0.5, 0.6) is 0 Å². The van der Waals surface area contributed by atoms with Crippen molar-refractivity contribution in [2.24, 2.45) is 0 Å². The van der Waals surface area contributed by atoms with Gasteiger partial charge in [-0.1, -0.05) is 49.2 Å². The predicted molar refractivity (Wildman–Crippen MR) is 125 cm³/mol. The first-order chi connectivity index (χ1) is 15.6. The number of ether oxygens (including phenoxy) is 1. The highest BCUT2D eigenvalue weighted by Gasteiger charge is 2.46. The van der Waals surface area contributed by atoms with Crippen molar-refractivity contribution in [2.75, 3.05) is 26.7 Å². The summed E-state index contributed by atoms with van der Waals surface area (Å²) in [4.78, 5) is 34.4. The number of carbonyl (C=O) groups is 2. The van der Waals surface area contributed by atoms with E-state index in [-0.39, 0.29) is 17.9 Å². The second-order valence-corrected chi connectivity index (χ2v) is 9.55. The van der Waals surface area contributed by atoms with Crippen LogP contribution in [0.3, 0.4) is 0 Å². The first-order valence-corrected chi connectivity index (χ1v) is 12.0. The Hall–Kier alpha value is -2.77. The van der Waals surface area contributed by atoms with E-state index in [0.717, 1.165) is 47.0 Å². The highest BCUT2D eigenvalue weighted by molar-refractivity contribution is 7.20. The summed E-state index contributed by atoms with van der Waals surface area (Å²) in [5.74, 6) is 0.0419. The fourth-order valence-electron chi connectivity index (χ4n) is 5.23. The highest BCUT2D eigenvalue weighted by Crippen LogP contribution is 2.44. The Morgan fingerprint density at radius 3 is 2.69 bits per heavy atom. The number of pyridine rings is 1. The van der Waals surface area contributed by atoms with Crippen molar-refractivity contribution in [3.63, 3.8) is 0 Å². The molecule has 1 N–H and O–H groups in total. The maximum Gasteiger partial charge on any atom is 0.261 e. The van der Waals surface area contributed by atoms with E-state index in [1.165, 1.54) is 11.3 Å². The van der Waals surface area contributed by atoms with Crippen molar-refractivity contribution < 1.29 is 14.3 Å². The number of aromatic nitrogens is 1. The van der Waals surface area contributed by atoms with E-state index in [4.69, 9.17) is 4.74 Å². The van der Waals surface area contributed by atoms with Crippen LogP contribution in [0, 0.1) is 0 Å². The zero-order valence-corrected chi connectivity index (χ0v) is 19.0. The quantitative estimate of drug-likeness (QED) is 0.652. The summed E-state index contributed by atoms with van der Waals surface area (Å²) in [5.41, 5.74) is 1.50. The summed E-state index contributed by atoms with van der Waals surface area (Å²) in [6.45, 7) is 1.46. The van der Waals surface area contributed by atoms with Crippen molar-refractivity contribution in [1.29, 1.82) is 0 Å². The summed E-state index contributed by atoms with van der Waals surface area (Å²) in [6, 6.07) is 14.1. The maximum atomic E-state index is 14.0. The molecular formula is C25H27N3O3S. The average molecular weight is 450 g/mol. The number of benzene rings is 1. The zero-order valence-electron chi connectivity index (χ0n) is 18.2. The fourth-order valence-corrected chi connectivity index (χ4v) is 6.37. The molecule has 3 aromatic rings. The van der Waals surface area contributed by atoms with Crippen LogP contribution in [0.15, 0.2) is 48.7 Å². The topological polar surface area (TPSA) is 71.5 Å². The lowest BCUT2D eigenvalue weighted by molar-refractivity contribution is -0.145. The molecule has 7 heteroatoms. The number of hydrogen-bond acceptors (Lipinski definition) is 5. The van der Waals surface area contributed by atoms with Gasteiger partial charge < -0.3 is 15.0 Å². The lowest BCUT2D eigenvalue weighted by atomic mass is 9.77.